The van der Waals surface area contributed by atoms with Gasteiger partial charge in [0.2, 0.25) is 0 Å². The van der Waals surface area contributed by atoms with Crippen LogP contribution in [0, 0.1) is 20.8 Å². The number of aryl methyl sites for hydroxylation is 3. The van der Waals surface area contributed by atoms with Crippen molar-refractivity contribution >= 4 is 0 Å². The van der Waals surface area contributed by atoms with Gasteiger partial charge in [-0.15, -0.1) is 0 Å². The highest BCUT2D eigenvalue weighted by Gasteiger charge is 2.11. The predicted molar refractivity (Wildman–Crippen MR) is 69.4 cm³/mol. The second-order valence-corrected chi connectivity index (χ2v) is 4.42. The fraction of sp³-hybridized carbons (Fsp3) is 0.200. The van der Waals surface area contributed by atoms with Gasteiger partial charge in [0.05, 0.1) is 0 Å². The Morgan fingerprint density at radius 3 is 2.12 bits per heavy atom. The summed E-state index contributed by atoms with van der Waals surface area (Å²) < 4.78 is 0. The Kier molecular flexibility index (Phi) is 2.80. The summed E-state index contributed by atoms with van der Waals surface area (Å²) in [6.45, 7) is 5.79. The highest BCUT2D eigenvalue weighted by atomic mass is 16.3. The summed E-state index contributed by atoms with van der Waals surface area (Å²) in [6, 6.07) is 9.07. The number of phenolic OH excluding ortho intramolecular Hbond substituents is 2. The number of phenols is 2. The lowest BCUT2D eigenvalue weighted by Crippen LogP contribution is -1.89. The van der Waals surface area contributed by atoms with E-state index in [4.69, 9.17) is 0 Å². The molecule has 0 saturated carbocycles. The highest BCUT2D eigenvalue weighted by molar-refractivity contribution is 5.77. The van der Waals surface area contributed by atoms with Crippen molar-refractivity contribution in [1.82, 2.24) is 0 Å². The first-order chi connectivity index (χ1) is 8.00. The van der Waals surface area contributed by atoms with Gasteiger partial charge in [-0.1, -0.05) is 18.2 Å². The first-order valence-corrected chi connectivity index (χ1v) is 5.60. The van der Waals surface area contributed by atoms with Crippen LogP contribution in [0.15, 0.2) is 30.3 Å². The Morgan fingerprint density at radius 2 is 1.47 bits per heavy atom. The SMILES string of the molecule is Cc1cc(C)c(-c2c(C)cccc2O)cc1O. The maximum absolute atomic E-state index is 9.95. The molecule has 0 fully saturated rings. The Hall–Kier alpha value is -1.96. The molecule has 17 heavy (non-hydrogen) atoms. The monoisotopic (exact) mass is 228 g/mol. The lowest BCUT2D eigenvalue weighted by molar-refractivity contribution is 0.470. The second kappa shape index (κ2) is 4.13. The highest BCUT2D eigenvalue weighted by Crippen LogP contribution is 2.37. The van der Waals surface area contributed by atoms with E-state index in [1.54, 1.807) is 12.1 Å². The van der Waals surface area contributed by atoms with Crippen LogP contribution in [0.1, 0.15) is 16.7 Å². The molecular formula is C15H16O2. The Bertz CT molecular complexity index is 551. The van der Waals surface area contributed by atoms with Gasteiger partial charge in [0.25, 0.3) is 0 Å². The van der Waals surface area contributed by atoms with E-state index in [2.05, 4.69) is 0 Å². The third-order valence-electron chi connectivity index (χ3n) is 3.06. The molecule has 2 aromatic carbocycles. The van der Waals surface area contributed by atoms with Crippen LogP contribution in [0.3, 0.4) is 0 Å². The minimum Gasteiger partial charge on any atom is -0.508 e. The fourth-order valence-electron chi connectivity index (χ4n) is 2.11. The molecule has 2 N–H and O–H groups in total. The topological polar surface area (TPSA) is 40.5 Å². The maximum Gasteiger partial charge on any atom is 0.123 e. The first kappa shape index (κ1) is 11.5. The zero-order chi connectivity index (χ0) is 12.6. The Labute approximate surface area is 101 Å². The molecule has 2 aromatic rings. The van der Waals surface area contributed by atoms with Gasteiger partial charge >= 0.3 is 0 Å². The summed E-state index contributed by atoms with van der Waals surface area (Å²) in [5, 5.41) is 19.7. The van der Waals surface area contributed by atoms with E-state index in [0.717, 1.165) is 27.8 Å². The minimum absolute atomic E-state index is 0.247. The van der Waals surface area contributed by atoms with Crippen molar-refractivity contribution < 1.29 is 10.2 Å². The fourth-order valence-corrected chi connectivity index (χ4v) is 2.11. The molecule has 0 saturated heterocycles. The van der Waals surface area contributed by atoms with Crippen LogP contribution in [-0.4, -0.2) is 10.2 Å². The standard InChI is InChI=1S/C15H16O2/c1-9-5-4-6-13(16)15(9)12-8-14(17)11(3)7-10(12)2/h4-8,16-17H,1-3H3. The number of aromatic hydroxyl groups is 2. The van der Waals surface area contributed by atoms with Gasteiger partial charge in [-0.2, -0.15) is 0 Å². The average molecular weight is 228 g/mol. The maximum atomic E-state index is 9.95. The summed E-state index contributed by atoms with van der Waals surface area (Å²) in [7, 11) is 0. The van der Waals surface area contributed by atoms with Crippen LogP contribution < -0.4 is 0 Å². The van der Waals surface area contributed by atoms with Crippen molar-refractivity contribution in [2.75, 3.05) is 0 Å². The smallest absolute Gasteiger partial charge is 0.123 e. The van der Waals surface area contributed by atoms with Gasteiger partial charge in [-0.3, -0.25) is 0 Å². The predicted octanol–water partition coefficient (Wildman–Crippen LogP) is 3.69. The van der Waals surface area contributed by atoms with Crippen LogP contribution in [0.4, 0.5) is 0 Å². The van der Waals surface area contributed by atoms with Crippen molar-refractivity contribution in [3.8, 4) is 22.6 Å². The van der Waals surface area contributed by atoms with E-state index in [-0.39, 0.29) is 11.5 Å². The summed E-state index contributed by atoms with van der Waals surface area (Å²) in [6.07, 6.45) is 0. The van der Waals surface area contributed by atoms with Crippen molar-refractivity contribution in [3.63, 3.8) is 0 Å². The van der Waals surface area contributed by atoms with Crippen LogP contribution in [0.5, 0.6) is 11.5 Å². The van der Waals surface area contributed by atoms with E-state index in [1.165, 1.54) is 0 Å². The normalized spacial score (nSPS) is 10.5. The molecule has 0 bridgehead atoms. The van der Waals surface area contributed by atoms with Gasteiger partial charge < -0.3 is 10.2 Å². The zero-order valence-corrected chi connectivity index (χ0v) is 10.3. The molecule has 0 amide bonds. The van der Waals surface area contributed by atoms with Crippen LogP contribution in [0.2, 0.25) is 0 Å². The average Bonchev–Trinajstić information content (AvgIpc) is 2.25. The third kappa shape index (κ3) is 1.98. The zero-order valence-electron chi connectivity index (χ0n) is 10.3. The quantitative estimate of drug-likeness (QED) is 0.781. The molecule has 2 nitrogen and oxygen atoms in total. The number of benzene rings is 2. The molecule has 88 valence electrons. The molecule has 0 aliphatic heterocycles. The molecule has 0 heterocycles. The molecule has 0 radical (unpaired) electrons. The lowest BCUT2D eigenvalue weighted by atomic mass is 9.94. The van der Waals surface area contributed by atoms with E-state index in [9.17, 15) is 10.2 Å². The Morgan fingerprint density at radius 1 is 0.765 bits per heavy atom. The molecule has 0 spiro atoms. The van der Waals surface area contributed by atoms with E-state index in [1.807, 2.05) is 39.0 Å². The van der Waals surface area contributed by atoms with Crippen molar-refractivity contribution in [2.45, 2.75) is 20.8 Å². The molecule has 0 aliphatic carbocycles. The number of hydrogen-bond donors (Lipinski definition) is 2. The van der Waals surface area contributed by atoms with Crippen molar-refractivity contribution in [3.05, 3.63) is 47.0 Å². The first-order valence-electron chi connectivity index (χ1n) is 5.60. The molecule has 0 aliphatic rings. The summed E-state index contributed by atoms with van der Waals surface area (Å²) in [4.78, 5) is 0. The van der Waals surface area contributed by atoms with E-state index < -0.39 is 0 Å². The summed E-state index contributed by atoms with van der Waals surface area (Å²) in [5.74, 6) is 0.504. The van der Waals surface area contributed by atoms with Crippen LogP contribution >= 0.6 is 0 Å². The van der Waals surface area contributed by atoms with Crippen LogP contribution in [-0.2, 0) is 0 Å². The summed E-state index contributed by atoms with van der Waals surface area (Å²) in [5.41, 5.74) is 4.56. The van der Waals surface area contributed by atoms with Gasteiger partial charge in [-0.25, -0.2) is 0 Å². The van der Waals surface area contributed by atoms with Crippen molar-refractivity contribution in [1.29, 1.82) is 0 Å². The molecule has 2 heteroatoms. The third-order valence-corrected chi connectivity index (χ3v) is 3.06. The van der Waals surface area contributed by atoms with Gasteiger partial charge in [0.15, 0.2) is 0 Å². The van der Waals surface area contributed by atoms with E-state index >= 15 is 0 Å². The van der Waals surface area contributed by atoms with Crippen LogP contribution in [0.25, 0.3) is 11.1 Å². The second-order valence-electron chi connectivity index (χ2n) is 4.42. The molecular weight excluding hydrogens is 212 g/mol. The molecule has 0 atom stereocenters. The lowest BCUT2D eigenvalue weighted by Gasteiger charge is -2.13. The number of hydrogen-bond acceptors (Lipinski definition) is 2. The van der Waals surface area contributed by atoms with Crippen molar-refractivity contribution in [2.24, 2.45) is 0 Å². The van der Waals surface area contributed by atoms with Gasteiger partial charge in [0.1, 0.15) is 11.5 Å². The molecule has 0 aromatic heterocycles. The van der Waals surface area contributed by atoms with Gasteiger partial charge in [0, 0.05) is 5.56 Å². The molecule has 2 rings (SSSR count). The summed E-state index contributed by atoms with van der Waals surface area (Å²) >= 11 is 0. The molecule has 0 unspecified atom stereocenters. The van der Waals surface area contributed by atoms with Gasteiger partial charge in [-0.05, 0) is 55.2 Å². The minimum atomic E-state index is 0.247. The largest absolute Gasteiger partial charge is 0.508 e. The Balaban J connectivity index is 2.73. The van der Waals surface area contributed by atoms with E-state index in [0.29, 0.717) is 0 Å². The number of rotatable bonds is 1.